The molecular weight excluding hydrogens is 192 g/mol. The predicted octanol–water partition coefficient (Wildman–Crippen LogP) is 1.08. The van der Waals surface area contributed by atoms with Crippen LogP contribution in [0.2, 0.25) is 0 Å². The van der Waals surface area contributed by atoms with Crippen molar-refractivity contribution >= 4 is 6.09 Å². The summed E-state index contributed by atoms with van der Waals surface area (Å²) in [5.41, 5.74) is 0. The highest BCUT2D eigenvalue weighted by atomic mass is 16.5. The average molecular weight is 212 g/mol. The number of nitrogens with one attached hydrogen (secondary N) is 1. The van der Waals surface area contributed by atoms with Gasteiger partial charge in [-0.3, -0.25) is 4.90 Å². The van der Waals surface area contributed by atoms with Crippen molar-refractivity contribution in [1.82, 2.24) is 10.2 Å². The number of hydrogen-bond donors (Lipinski definition) is 1. The number of nitrogens with zero attached hydrogens (tertiary/aromatic N) is 1. The van der Waals surface area contributed by atoms with Crippen molar-refractivity contribution < 1.29 is 9.53 Å². The van der Waals surface area contributed by atoms with Gasteiger partial charge in [-0.1, -0.05) is 25.7 Å². The Morgan fingerprint density at radius 2 is 2.07 bits per heavy atom. The Bertz CT molecular complexity index is 239. The Kier molecular flexibility index (Phi) is 7.47. The SMILES string of the molecule is CCN(CC)C(C)C#CCOC(=O)NC. The van der Waals surface area contributed by atoms with Crippen LogP contribution in [-0.2, 0) is 4.74 Å². The monoisotopic (exact) mass is 212 g/mol. The van der Waals surface area contributed by atoms with Gasteiger partial charge in [-0.15, -0.1) is 0 Å². The zero-order chi connectivity index (χ0) is 11.7. The second-order valence-corrected chi connectivity index (χ2v) is 3.04. The number of rotatable bonds is 4. The maximum Gasteiger partial charge on any atom is 0.407 e. The first kappa shape index (κ1) is 13.8. The molecule has 0 saturated heterocycles. The summed E-state index contributed by atoms with van der Waals surface area (Å²) in [6, 6.07) is 0.202. The standard InChI is InChI=1S/C11H20N2O2/c1-5-13(6-2)10(3)8-7-9-15-11(14)12-4/h10H,5-6,9H2,1-4H3,(H,12,14). The minimum atomic E-state index is -0.445. The van der Waals surface area contributed by atoms with Crippen molar-refractivity contribution in [2.75, 3.05) is 26.7 Å². The molecule has 0 spiro atoms. The van der Waals surface area contributed by atoms with Crippen LogP contribution in [0.1, 0.15) is 20.8 Å². The van der Waals surface area contributed by atoms with E-state index in [9.17, 15) is 4.79 Å². The van der Waals surface area contributed by atoms with E-state index in [0.29, 0.717) is 0 Å². The Morgan fingerprint density at radius 1 is 1.47 bits per heavy atom. The highest BCUT2D eigenvalue weighted by molar-refractivity contribution is 5.66. The average Bonchev–Trinajstić information content (AvgIpc) is 2.25. The minimum absolute atomic E-state index is 0.144. The Labute approximate surface area is 92.0 Å². The molecule has 15 heavy (non-hydrogen) atoms. The third-order valence-electron chi connectivity index (χ3n) is 2.15. The van der Waals surface area contributed by atoms with Crippen molar-refractivity contribution in [3.8, 4) is 11.8 Å². The summed E-state index contributed by atoms with van der Waals surface area (Å²) in [5, 5.41) is 2.36. The summed E-state index contributed by atoms with van der Waals surface area (Å²) in [6.07, 6.45) is -0.445. The summed E-state index contributed by atoms with van der Waals surface area (Å²) >= 11 is 0. The maximum absolute atomic E-state index is 10.7. The van der Waals surface area contributed by atoms with E-state index in [2.05, 4.69) is 35.9 Å². The molecule has 0 heterocycles. The second kappa shape index (κ2) is 8.13. The van der Waals surface area contributed by atoms with E-state index in [0.717, 1.165) is 13.1 Å². The number of alkyl carbamates (subject to hydrolysis) is 1. The molecule has 0 aromatic heterocycles. The van der Waals surface area contributed by atoms with Gasteiger partial charge in [0.1, 0.15) is 0 Å². The zero-order valence-electron chi connectivity index (χ0n) is 9.96. The van der Waals surface area contributed by atoms with Crippen LogP contribution >= 0.6 is 0 Å². The molecule has 1 unspecified atom stereocenters. The van der Waals surface area contributed by atoms with Gasteiger partial charge in [-0.2, -0.15) is 0 Å². The fourth-order valence-corrected chi connectivity index (χ4v) is 1.23. The fraction of sp³-hybridized carbons (Fsp3) is 0.727. The summed E-state index contributed by atoms with van der Waals surface area (Å²) in [5.74, 6) is 5.86. The number of amides is 1. The van der Waals surface area contributed by atoms with E-state index in [1.807, 2.05) is 6.92 Å². The first-order chi connectivity index (χ1) is 7.15. The molecule has 4 nitrogen and oxygen atoms in total. The molecule has 1 atom stereocenters. The number of ether oxygens (including phenoxy) is 1. The normalized spacial score (nSPS) is 11.5. The van der Waals surface area contributed by atoms with Crippen LogP contribution in [0.5, 0.6) is 0 Å². The van der Waals surface area contributed by atoms with Crippen LogP contribution in [0.25, 0.3) is 0 Å². The van der Waals surface area contributed by atoms with E-state index in [4.69, 9.17) is 4.74 Å². The van der Waals surface area contributed by atoms with Crippen molar-refractivity contribution in [3.05, 3.63) is 0 Å². The maximum atomic E-state index is 10.7. The molecule has 1 N–H and O–H groups in total. The molecule has 0 aromatic rings. The number of carbonyl (C=O) groups excluding carboxylic acids is 1. The summed E-state index contributed by atoms with van der Waals surface area (Å²) in [7, 11) is 1.52. The molecule has 0 fully saturated rings. The van der Waals surface area contributed by atoms with Crippen molar-refractivity contribution in [3.63, 3.8) is 0 Å². The molecule has 0 aliphatic carbocycles. The quantitative estimate of drug-likeness (QED) is 0.709. The highest BCUT2D eigenvalue weighted by Crippen LogP contribution is 1.95. The van der Waals surface area contributed by atoms with Gasteiger partial charge in [0, 0.05) is 7.05 Å². The largest absolute Gasteiger partial charge is 0.436 e. The minimum Gasteiger partial charge on any atom is -0.436 e. The molecule has 0 aliphatic rings. The molecule has 4 heteroatoms. The molecule has 86 valence electrons. The molecule has 0 saturated carbocycles. The van der Waals surface area contributed by atoms with Crippen LogP contribution in [0, 0.1) is 11.8 Å². The zero-order valence-corrected chi connectivity index (χ0v) is 9.96. The lowest BCUT2D eigenvalue weighted by molar-refractivity contribution is 0.162. The van der Waals surface area contributed by atoms with Crippen LogP contribution in [0.15, 0.2) is 0 Å². The van der Waals surface area contributed by atoms with E-state index in [-0.39, 0.29) is 12.6 Å². The van der Waals surface area contributed by atoms with Gasteiger partial charge in [-0.25, -0.2) is 4.79 Å². The Balaban J connectivity index is 3.89. The van der Waals surface area contributed by atoms with E-state index in [1.54, 1.807) is 0 Å². The van der Waals surface area contributed by atoms with Gasteiger partial charge < -0.3 is 10.1 Å². The van der Waals surface area contributed by atoms with Gasteiger partial charge in [-0.05, 0) is 20.0 Å². The molecule has 0 radical (unpaired) electrons. The second-order valence-electron chi connectivity index (χ2n) is 3.04. The lowest BCUT2D eigenvalue weighted by Crippen LogP contribution is -2.31. The summed E-state index contributed by atoms with van der Waals surface area (Å²) in [4.78, 5) is 12.9. The molecule has 1 amide bonds. The Hall–Kier alpha value is -1.21. The van der Waals surface area contributed by atoms with Crippen molar-refractivity contribution in [1.29, 1.82) is 0 Å². The van der Waals surface area contributed by atoms with Crippen LogP contribution in [0.4, 0.5) is 4.79 Å². The predicted molar refractivity (Wildman–Crippen MR) is 60.6 cm³/mol. The van der Waals surface area contributed by atoms with Gasteiger partial charge in [0.15, 0.2) is 6.61 Å². The Morgan fingerprint density at radius 3 is 2.53 bits per heavy atom. The lowest BCUT2D eigenvalue weighted by Gasteiger charge is -2.21. The summed E-state index contributed by atoms with van der Waals surface area (Å²) < 4.78 is 4.75. The van der Waals surface area contributed by atoms with Crippen molar-refractivity contribution in [2.24, 2.45) is 0 Å². The first-order valence-corrected chi connectivity index (χ1v) is 5.22. The number of hydrogen-bond acceptors (Lipinski definition) is 3. The number of carbonyl (C=O) groups is 1. The molecule has 0 bridgehead atoms. The van der Waals surface area contributed by atoms with E-state index in [1.165, 1.54) is 7.05 Å². The first-order valence-electron chi connectivity index (χ1n) is 5.22. The molecule has 0 aromatic carbocycles. The van der Waals surface area contributed by atoms with Crippen LogP contribution in [0.3, 0.4) is 0 Å². The molecular formula is C11H20N2O2. The van der Waals surface area contributed by atoms with Crippen LogP contribution in [-0.4, -0.2) is 43.8 Å². The fourth-order valence-electron chi connectivity index (χ4n) is 1.23. The van der Waals surface area contributed by atoms with E-state index < -0.39 is 6.09 Å². The van der Waals surface area contributed by atoms with E-state index >= 15 is 0 Å². The van der Waals surface area contributed by atoms with Gasteiger partial charge in [0.2, 0.25) is 0 Å². The van der Waals surface area contributed by atoms with Gasteiger partial charge >= 0.3 is 6.09 Å². The lowest BCUT2D eigenvalue weighted by atomic mass is 10.3. The van der Waals surface area contributed by atoms with Gasteiger partial charge in [0.25, 0.3) is 0 Å². The topological polar surface area (TPSA) is 41.6 Å². The molecule has 0 rings (SSSR count). The third kappa shape index (κ3) is 5.97. The van der Waals surface area contributed by atoms with Gasteiger partial charge in [0.05, 0.1) is 6.04 Å². The van der Waals surface area contributed by atoms with Crippen LogP contribution < -0.4 is 5.32 Å². The highest BCUT2D eigenvalue weighted by Gasteiger charge is 2.05. The summed E-state index contributed by atoms with van der Waals surface area (Å²) in [6.45, 7) is 8.34. The third-order valence-corrected chi connectivity index (χ3v) is 2.15. The molecule has 0 aliphatic heterocycles. The van der Waals surface area contributed by atoms with Crippen molar-refractivity contribution in [2.45, 2.75) is 26.8 Å². The smallest absolute Gasteiger partial charge is 0.407 e.